The van der Waals surface area contributed by atoms with Gasteiger partial charge in [-0.25, -0.2) is 0 Å². The maximum atomic E-state index is 11.7. The van der Waals surface area contributed by atoms with Crippen LogP contribution in [0.2, 0.25) is 0 Å². The lowest BCUT2D eigenvalue weighted by atomic mass is 9.88. The fourth-order valence-corrected chi connectivity index (χ4v) is 2.67. The highest BCUT2D eigenvalue weighted by Crippen LogP contribution is 2.27. The van der Waals surface area contributed by atoms with E-state index in [2.05, 4.69) is 17.1 Å². The molecule has 5 nitrogen and oxygen atoms in total. The van der Waals surface area contributed by atoms with Crippen molar-refractivity contribution in [2.45, 2.75) is 19.4 Å². The quantitative estimate of drug-likeness (QED) is 0.698. The zero-order valence-electron chi connectivity index (χ0n) is 10.7. The SMILES string of the molecule is COC(=O)C1COCCN1CC1(C)CCNC1. The molecule has 2 aliphatic rings. The molecule has 0 bridgehead atoms. The molecule has 0 radical (unpaired) electrons. The van der Waals surface area contributed by atoms with Crippen molar-refractivity contribution in [3.8, 4) is 0 Å². The Labute approximate surface area is 102 Å². The van der Waals surface area contributed by atoms with Crippen LogP contribution in [0.1, 0.15) is 13.3 Å². The van der Waals surface area contributed by atoms with E-state index in [4.69, 9.17) is 9.47 Å². The molecule has 0 saturated carbocycles. The maximum Gasteiger partial charge on any atom is 0.325 e. The van der Waals surface area contributed by atoms with E-state index in [9.17, 15) is 4.79 Å². The second-order valence-corrected chi connectivity index (χ2v) is 5.32. The van der Waals surface area contributed by atoms with Crippen LogP contribution in [0.4, 0.5) is 0 Å². The highest BCUT2D eigenvalue weighted by atomic mass is 16.5. The minimum Gasteiger partial charge on any atom is -0.468 e. The molecular weight excluding hydrogens is 220 g/mol. The number of morpholine rings is 1. The third kappa shape index (κ3) is 2.97. The van der Waals surface area contributed by atoms with Crippen LogP contribution in [0.25, 0.3) is 0 Å². The normalized spacial score (nSPS) is 34.8. The van der Waals surface area contributed by atoms with Crippen LogP contribution in [0.3, 0.4) is 0 Å². The third-order valence-electron chi connectivity index (χ3n) is 3.75. The van der Waals surface area contributed by atoms with Gasteiger partial charge in [-0.2, -0.15) is 0 Å². The van der Waals surface area contributed by atoms with E-state index in [0.717, 1.165) is 32.6 Å². The summed E-state index contributed by atoms with van der Waals surface area (Å²) in [5.74, 6) is -0.181. The van der Waals surface area contributed by atoms with Gasteiger partial charge in [-0.15, -0.1) is 0 Å². The molecule has 2 rings (SSSR count). The van der Waals surface area contributed by atoms with Gasteiger partial charge in [0.2, 0.25) is 0 Å². The van der Waals surface area contributed by atoms with E-state index < -0.39 is 0 Å². The number of nitrogens with one attached hydrogen (secondary N) is 1. The van der Waals surface area contributed by atoms with E-state index in [0.29, 0.717) is 13.2 Å². The Kier molecular flexibility index (Phi) is 4.01. The Hall–Kier alpha value is -0.650. The van der Waals surface area contributed by atoms with Crippen LogP contribution >= 0.6 is 0 Å². The van der Waals surface area contributed by atoms with Gasteiger partial charge in [0, 0.05) is 19.6 Å². The molecular formula is C12H22N2O3. The van der Waals surface area contributed by atoms with Gasteiger partial charge >= 0.3 is 5.97 Å². The van der Waals surface area contributed by atoms with Gasteiger partial charge in [0.05, 0.1) is 20.3 Å². The molecule has 0 spiro atoms. The summed E-state index contributed by atoms with van der Waals surface area (Å²) >= 11 is 0. The number of methoxy groups -OCH3 is 1. The Morgan fingerprint density at radius 2 is 2.47 bits per heavy atom. The molecule has 2 heterocycles. The molecule has 2 unspecified atom stereocenters. The Morgan fingerprint density at radius 1 is 1.65 bits per heavy atom. The zero-order chi connectivity index (χ0) is 12.3. The summed E-state index contributed by atoms with van der Waals surface area (Å²) < 4.78 is 10.2. The summed E-state index contributed by atoms with van der Waals surface area (Å²) in [7, 11) is 1.44. The number of nitrogens with zero attached hydrogens (tertiary/aromatic N) is 1. The van der Waals surface area contributed by atoms with Crippen molar-refractivity contribution in [1.82, 2.24) is 10.2 Å². The number of carbonyl (C=O) groups is 1. The standard InChI is InChI=1S/C12H22N2O3/c1-12(3-4-13-8-12)9-14-5-6-17-7-10(14)11(15)16-2/h10,13H,3-9H2,1-2H3. The van der Waals surface area contributed by atoms with Gasteiger partial charge in [0.1, 0.15) is 6.04 Å². The van der Waals surface area contributed by atoms with Crippen LogP contribution in [0, 0.1) is 5.41 Å². The Bertz CT molecular complexity index is 277. The van der Waals surface area contributed by atoms with Crippen molar-refractivity contribution in [1.29, 1.82) is 0 Å². The lowest BCUT2D eigenvalue weighted by Gasteiger charge is -2.38. The van der Waals surface area contributed by atoms with Gasteiger partial charge in [-0.1, -0.05) is 6.92 Å². The number of hydrogen-bond donors (Lipinski definition) is 1. The van der Waals surface area contributed by atoms with Crippen molar-refractivity contribution >= 4 is 5.97 Å². The zero-order valence-corrected chi connectivity index (χ0v) is 10.7. The fourth-order valence-electron chi connectivity index (χ4n) is 2.67. The fraction of sp³-hybridized carbons (Fsp3) is 0.917. The average molecular weight is 242 g/mol. The van der Waals surface area contributed by atoms with Crippen molar-refractivity contribution < 1.29 is 14.3 Å². The highest BCUT2D eigenvalue weighted by molar-refractivity contribution is 5.75. The smallest absolute Gasteiger partial charge is 0.325 e. The summed E-state index contributed by atoms with van der Waals surface area (Å²) in [4.78, 5) is 13.9. The van der Waals surface area contributed by atoms with E-state index in [1.807, 2.05) is 0 Å². The van der Waals surface area contributed by atoms with Crippen molar-refractivity contribution in [3.63, 3.8) is 0 Å². The number of rotatable bonds is 3. The maximum absolute atomic E-state index is 11.7. The predicted molar refractivity (Wildman–Crippen MR) is 63.8 cm³/mol. The van der Waals surface area contributed by atoms with Gasteiger partial charge in [-0.3, -0.25) is 9.69 Å². The minimum atomic E-state index is -0.230. The summed E-state index contributed by atoms with van der Waals surface area (Å²) in [6.07, 6.45) is 1.16. The van der Waals surface area contributed by atoms with Crippen molar-refractivity contribution in [3.05, 3.63) is 0 Å². The van der Waals surface area contributed by atoms with Crippen molar-refractivity contribution in [2.75, 3.05) is 46.5 Å². The molecule has 2 aliphatic heterocycles. The average Bonchev–Trinajstić information content (AvgIpc) is 2.75. The second-order valence-electron chi connectivity index (χ2n) is 5.32. The Balaban J connectivity index is 1.98. The monoisotopic (exact) mass is 242 g/mol. The van der Waals surface area contributed by atoms with Crippen LogP contribution in [0.15, 0.2) is 0 Å². The molecule has 0 aromatic heterocycles. The molecule has 5 heteroatoms. The topological polar surface area (TPSA) is 50.8 Å². The molecule has 0 amide bonds. The summed E-state index contributed by atoms with van der Waals surface area (Å²) in [6, 6.07) is -0.230. The van der Waals surface area contributed by atoms with E-state index in [1.165, 1.54) is 7.11 Å². The number of esters is 1. The Morgan fingerprint density at radius 3 is 3.12 bits per heavy atom. The van der Waals surface area contributed by atoms with Gasteiger partial charge in [-0.05, 0) is 18.4 Å². The molecule has 2 saturated heterocycles. The summed E-state index contributed by atoms with van der Waals surface area (Å²) in [5, 5.41) is 3.39. The second kappa shape index (κ2) is 5.33. The van der Waals surface area contributed by atoms with Crippen LogP contribution < -0.4 is 5.32 Å². The lowest BCUT2D eigenvalue weighted by molar-refractivity contribution is -0.154. The molecule has 0 aromatic rings. The third-order valence-corrected chi connectivity index (χ3v) is 3.75. The van der Waals surface area contributed by atoms with E-state index in [-0.39, 0.29) is 17.4 Å². The number of hydrogen-bond acceptors (Lipinski definition) is 5. The molecule has 17 heavy (non-hydrogen) atoms. The van der Waals surface area contributed by atoms with E-state index >= 15 is 0 Å². The minimum absolute atomic E-state index is 0.181. The van der Waals surface area contributed by atoms with Crippen LogP contribution in [-0.2, 0) is 14.3 Å². The number of ether oxygens (including phenoxy) is 2. The van der Waals surface area contributed by atoms with Gasteiger partial charge < -0.3 is 14.8 Å². The molecule has 0 aliphatic carbocycles. The largest absolute Gasteiger partial charge is 0.468 e. The summed E-state index contributed by atoms with van der Waals surface area (Å²) in [5.41, 5.74) is 0.267. The molecule has 1 N–H and O–H groups in total. The molecule has 98 valence electrons. The van der Waals surface area contributed by atoms with Crippen LogP contribution in [0.5, 0.6) is 0 Å². The summed E-state index contributed by atoms with van der Waals surface area (Å²) in [6.45, 7) is 7.28. The lowest BCUT2D eigenvalue weighted by Crippen LogP contribution is -2.53. The number of carbonyl (C=O) groups excluding carboxylic acids is 1. The van der Waals surface area contributed by atoms with Gasteiger partial charge in [0.15, 0.2) is 0 Å². The van der Waals surface area contributed by atoms with Crippen LogP contribution in [-0.4, -0.2) is 63.4 Å². The molecule has 2 atom stereocenters. The van der Waals surface area contributed by atoms with Gasteiger partial charge in [0.25, 0.3) is 0 Å². The highest BCUT2D eigenvalue weighted by Gasteiger charge is 2.37. The first-order valence-electron chi connectivity index (χ1n) is 6.25. The predicted octanol–water partition coefficient (Wildman–Crippen LogP) is -0.140. The molecule has 0 aromatic carbocycles. The first-order chi connectivity index (χ1) is 8.14. The molecule has 2 fully saturated rings. The van der Waals surface area contributed by atoms with Crippen molar-refractivity contribution in [2.24, 2.45) is 5.41 Å². The van der Waals surface area contributed by atoms with E-state index in [1.54, 1.807) is 0 Å². The first kappa shape index (κ1) is 12.8. The first-order valence-corrected chi connectivity index (χ1v) is 6.25.